The number of Topliss-reactive ketones (excluding diaryl/α,β-unsaturated/α-hetero) is 1. The molecule has 0 aromatic heterocycles. The number of hydrogen-bond acceptors (Lipinski definition) is 5. The third-order valence-corrected chi connectivity index (χ3v) is 7.98. The van der Waals surface area contributed by atoms with Crippen molar-refractivity contribution in [3.63, 3.8) is 0 Å². The zero-order valence-corrected chi connectivity index (χ0v) is 15.4. The van der Waals surface area contributed by atoms with E-state index in [-0.39, 0.29) is 35.1 Å². The van der Waals surface area contributed by atoms with Crippen LogP contribution in [0.1, 0.15) is 47.0 Å². The van der Waals surface area contributed by atoms with Crippen molar-refractivity contribution in [3.05, 3.63) is 11.1 Å². The normalized spacial score (nSPS) is 50.8. The summed E-state index contributed by atoms with van der Waals surface area (Å²) < 4.78 is 18.0. The Morgan fingerprint density at radius 2 is 1.96 bits per heavy atom. The Kier molecular flexibility index (Phi) is 2.91. The third kappa shape index (κ3) is 1.59. The molecule has 0 radical (unpaired) electrons. The van der Waals surface area contributed by atoms with Crippen molar-refractivity contribution in [1.82, 2.24) is 0 Å². The van der Waals surface area contributed by atoms with Crippen molar-refractivity contribution in [2.24, 2.45) is 23.2 Å². The molecule has 3 fully saturated rings. The van der Waals surface area contributed by atoms with Crippen LogP contribution in [0.2, 0.25) is 0 Å². The maximum absolute atomic E-state index is 13.4. The average molecular weight is 346 g/mol. The summed E-state index contributed by atoms with van der Waals surface area (Å²) >= 11 is 0. The van der Waals surface area contributed by atoms with E-state index in [9.17, 15) is 9.59 Å². The number of carbonyl (C=O) groups is 2. The predicted molar refractivity (Wildman–Crippen MR) is 88.7 cm³/mol. The second-order valence-electron chi connectivity index (χ2n) is 9.19. The predicted octanol–water partition coefficient (Wildman–Crippen LogP) is 2.43. The van der Waals surface area contributed by atoms with E-state index in [0.717, 1.165) is 30.4 Å². The number of epoxide rings is 1. The van der Waals surface area contributed by atoms with Gasteiger partial charge in [0.25, 0.3) is 0 Å². The zero-order valence-electron chi connectivity index (χ0n) is 15.4. The number of ether oxygens (including phenoxy) is 3. The van der Waals surface area contributed by atoms with Gasteiger partial charge in [-0.2, -0.15) is 0 Å². The quantitative estimate of drug-likeness (QED) is 0.539. The van der Waals surface area contributed by atoms with Gasteiger partial charge >= 0.3 is 5.97 Å². The Bertz CT molecular complexity index is 724. The maximum Gasteiger partial charge on any atom is 0.334 e. The number of hydrogen-bond donors (Lipinski definition) is 0. The highest BCUT2D eigenvalue weighted by Crippen LogP contribution is 2.71. The summed E-state index contributed by atoms with van der Waals surface area (Å²) in [6.07, 6.45) is 2.44. The number of carbonyl (C=O) groups excluding carboxylic acids is 2. The van der Waals surface area contributed by atoms with E-state index in [1.165, 1.54) is 0 Å². The Morgan fingerprint density at radius 1 is 1.20 bits per heavy atom. The van der Waals surface area contributed by atoms with E-state index in [1.54, 1.807) is 0 Å². The summed E-state index contributed by atoms with van der Waals surface area (Å²) in [6.45, 7) is 9.25. The van der Waals surface area contributed by atoms with Crippen molar-refractivity contribution in [2.75, 3.05) is 13.2 Å². The molecule has 0 N–H and O–H groups in total. The fourth-order valence-electron chi connectivity index (χ4n) is 6.44. The molecule has 3 heterocycles. The van der Waals surface area contributed by atoms with Crippen LogP contribution in [0, 0.1) is 23.2 Å². The van der Waals surface area contributed by atoms with Crippen molar-refractivity contribution in [2.45, 2.75) is 64.3 Å². The standard InChI is InChI=1S/C20H26O5/c1-10(2)12-7-15-20(25-15)18(3)6-5-11-13(8-23-17(11)22)14(18)9-24-19(20,4)16(12)21/h10,12,14-15H,5-9H2,1-4H3/t12?,14?,15-,18-,19?,20+/m0/s1. The van der Waals surface area contributed by atoms with Gasteiger partial charge in [-0.05, 0) is 37.7 Å². The Labute approximate surface area is 148 Å². The van der Waals surface area contributed by atoms with Crippen LogP contribution >= 0.6 is 0 Å². The van der Waals surface area contributed by atoms with E-state index in [2.05, 4.69) is 20.8 Å². The first-order valence-corrected chi connectivity index (χ1v) is 9.51. The summed E-state index contributed by atoms with van der Waals surface area (Å²) in [4.78, 5) is 25.3. The van der Waals surface area contributed by atoms with Crippen LogP contribution in [0.3, 0.4) is 0 Å². The van der Waals surface area contributed by atoms with E-state index in [4.69, 9.17) is 14.2 Å². The monoisotopic (exact) mass is 346 g/mol. The van der Waals surface area contributed by atoms with E-state index >= 15 is 0 Å². The van der Waals surface area contributed by atoms with Gasteiger partial charge in [0.05, 0.1) is 12.7 Å². The first kappa shape index (κ1) is 16.0. The molecule has 0 aromatic carbocycles. The zero-order chi connectivity index (χ0) is 17.8. The molecule has 5 nitrogen and oxygen atoms in total. The fraction of sp³-hybridized carbons (Fsp3) is 0.800. The second-order valence-corrected chi connectivity index (χ2v) is 9.19. The lowest BCUT2D eigenvalue weighted by Crippen LogP contribution is -2.70. The topological polar surface area (TPSA) is 65.1 Å². The first-order chi connectivity index (χ1) is 11.8. The number of esters is 1. The molecule has 3 unspecified atom stereocenters. The van der Waals surface area contributed by atoms with Gasteiger partial charge in [0.2, 0.25) is 0 Å². The molecule has 1 saturated carbocycles. The van der Waals surface area contributed by atoms with Gasteiger partial charge in [0, 0.05) is 22.8 Å². The van der Waals surface area contributed by atoms with Gasteiger partial charge in [-0.1, -0.05) is 20.8 Å². The van der Waals surface area contributed by atoms with Gasteiger partial charge in [0.15, 0.2) is 11.4 Å². The molecule has 3 aliphatic heterocycles. The van der Waals surface area contributed by atoms with Crippen molar-refractivity contribution in [1.29, 1.82) is 0 Å². The summed E-state index contributed by atoms with van der Waals surface area (Å²) in [5, 5.41) is 0. The van der Waals surface area contributed by atoms with E-state index in [1.807, 2.05) is 6.92 Å². The van der Waals surface area contributed by atoms with Crippen LogP contribution in [-0.2, 0) is 23.8 Å². The highest BCUT2D eigenvalue weighted by Gasteiger charge is 2.84. The average Bonchev–Trinajstić information content (AvgIpc) is 3.20. The molecule has 0 bridgehead atoms. The number of ketones is 1. The third-order valence-electron chi connectivity index (χ3n) is 7.98. The molecule has 2 aliphatic carbocycles. The molecule has 5 heteroatoms. The summed E-state index contributed by atoms with van der Waals surface area (Å²) in [7, 11) is 0. The van der Waals surface area contributed by atoms with Crippen LogP contribution in [0.25, 0.3) is 0 Å². The fourth-order valence-corrected chi connectivity index (χ4v) is 6.44. The molecule has 0 aromatic rings. The highest BCUT2D eigenvalue weighted by molar-refractivity contribution is 5.94. The first-order valence-electron chi connectivity index (χ1n) is 9.51. The lowest BCUT2D eigenvalue weighted by molar-refractivity contribution is -0.209. The van der Waals surface area contributed by atoms with Crippen molar-refractivity contribution >= 4 is 11.8 Å². The lowest BCUT2D eigenvalue weighted by Gasteiger charge is -2.58. The van der Waals surface area contributed by atoms with Gasteiger partial charge in [-0.3, -0.25) is 4.79 Å². The van der Waals surface area contributed by atoms with E-state index < -0.39 is 11.2 Å². The minimum Gasteiger partial charge on any atom is -0.458 e. The molecule has 1 spiro atoms. The van der Waals surface area contributed by atoms with Crippen LogP contribution in [0.5, 0.6) is 0 Å². The van der Waals surface area contributed by atoms with Crippen LogP contribution < -0.4 is 0 Å². The Morgan fingerprint density at radius 3 is 2.68 bits per heavy atom. The van der Waals surface area contributed by atoms with Crippen molar-refractivity contribution in [3.8, 4) is 0 Å². The second kappa shape index (κ2) is 4.55. The molecule has 0 amide bonds. The van der Waals surface area contributed by atoms with Crippen molar-refractivity contribution < 1.29 is 23.8 Å². The van der Waals surface area contributed by atoms with Crippen LogP contribution in [0.4, 0.5) is 0 Å². The van der Waals surface area contributed by atoms with Gasteiger partial charge in [0.1, 0.15) is 12.2 Å². The highest BCUT2D eigenvalue weighted by atomic mass is 16.7. The molecule has 136 valence electrons. The minimum atomic E-state index is -0.877. The summed E-state index contributed by atoms with van der Waals surface area (Å²) in [5.41, 5.74) is 0.316. The maximum atomic E-state index is 13.4. The Balaban J connectivity index is 1.60. The van der Waals surface area contributed by atoms with E-state index in [0.29, 0.717) is 19.1 Å². The smallest absolute Gasteiger partial charge is 0.334 e. The summed E-state index contributed by atoms with van der Waals surface area (Å²) in [5.74, 6) is 0.428. The SMILES string of the molecule is CC(C)C1C[C@@H]2O[C@]23C(C)(OCC2C4=C(CC[C@@]23C)C(=O)OC4)C1=O. The van der Waals surface area contributed by atoms with Gasteiger partial charge < -0.3 is 14.2 Å². The number of fused-ring (bicyclic) bond motifs is 2. The number of cyclic esters (lactones) is 1. The molecular formula is C20H26O5. The molecule has 6 atom stereocenters. The van der Waals surface area contributed by atoms with Gasteiger partial charge in [-0.25, -0.2) is 4.79 Å². The van der Waals surface area contributed by atoms with Gasteiger partial charge in [-0.15, -0.1) is 0 Å². The van der Waals surface area contributed by atoms with Crippen LogP contribution in [0.15, 0.2) is 11.1 Å². The molecule has 5 rings (SSSR count). The molecule has 25 heavy (non-hydrogen) atoms. The molecule has 2 saturated heterocycles. The minimum absolute atomic E-state index is 0.000494. The lowest BCUT2D eigenvalue weighted by atomic mass is 9.49. The molecule has 5 aliphatic rings. The Hall–Kier alpha value is -1.20. The summed E-state index contributed by atoms with van der Waals surface area (Å²) in [6, 6.07) is 0. The number of rotatable bonds is 1. The van der Waals surface area contributed by atoms with Crippen LogP contribution in [-0.4, -0.2) is 42.3 Å². The molecular weight excluding hydrogens is 320 g/mol. The largest absolute Gasteiger partial charge is 0.458 e.